The Morgan fingerprint density at radius 2 is 2.18 bits per heavy atom. The lowest BCUT2D eigenvalue weighted by Crippen LogP contribution is -2.05. The molecule has 5 heteroatoms. The molecule has 1 aliphatic heterocycles. The van der Waals surface area contributed by atoms with Gasteiger partial charge in [0.25, 0.3) is 0 Å². The van der Waals surface area contributed by atoms with Crippen LogP contribution in [-0.2, 0) is 9.53 Å². The third-order valence-electron chi connectivity index (χ3n) is 2.54. The predicted octanol–water partition coefficient (Wildman–Crippen LogP) is 3.63. The number of allylic oxidation sites excluding steroid dienone is 1. The molecule has 2 rings (SSSR count). The van der Waals surface area contributed by atoms with Crippen molar-refractivity contribution in [2.75, 3.05) is 11.9 Å². The molecule has 0 unspecified atom stereocenters. The summed E-state index contributed by atoms with van der Waals surface area (Å²) in [5, 5.41) is 4.19. The molecule has 0 amide bonds. The van der Waals surface area contributed by atoms with E-state index in [-0.39, 0.29) is 5.97 Å². The van der Waals surface area contributed by atoms with Gasteiger partial charge in [0.2, 0.25) is 0 Å². The quantitative estimate of drug-likeness (QED) is 0.660. The Kier molecular flexibility index (Phi) is 3.60. The molecule has 1 aromatic carbocycles. The summed E-state index contributed by atoms with van der Waals surface area (Å²) in [5.41, 5.74) is 2.15. The van der Waals surface area contributed by atoms with Gasteiger partial charge < -0.3 is 10.1 Å². The van der Waals surface area contributed by atoms with Gasteiger partial charge in [-0.05, 0) is 25.1 Å². The second-order valence-electron chi connectivity index (χ2n) is 3.74. The van der Waals surface area contributed by atoms with E-state index in [9.17, 15) is 4.79 Å². The lowest BCUT2D eigenvalue weighted by molar-refractivity contribution is -0.135. The molecule has 0 aliphatic carbocycles. The maximum absolute atomic E-state index is 11.4. The monoisotopic (exact) mass is 271 g/mol. The molecule has 0 bridgehead atoms. The molecule has 90 valence electrons. The molecule has 0 saturated carbocycles. The number of carbonyl (C=O) groups excluding carboxylic acids is 1. The third kappa shape index (κ3) is 2.73. The third-order valence-corrected chi connectivity index (χ3v) is 3.09. The summed E-state index contributed by atoms with van der Waals surface area (Å²) in [6.45, 7) is 2.27. The van der Waals surface area contributed by atoms with Gasteiger partial charge in [0.1, 0.15) is 0 Å². The zero-order chi connectivity index (χ0) is 12.4. The van der Waals surface area contributed by atoms with Crippen molar-refractivity contribution in [1.82, 2.24) is 0 Å². The molecule has 1 aromatic rings. The molecule has 1 saturated heterocycles. The fraction of sp³-hybridized carbons (Fsp3) is 0.250. The van der Waals surface area contributed by atoms with E-state index in [1.165, 1.54) is 0 Å². The highest BCUT2D eigenvalue weighted by Gasteiger charge is 2.21. The topological polar surface area (TPSA) is 38.3 Å². The van der Waals surface area contributed by atoms with Crippen molar-refractivity contribution >= 4 is 34.9 Å². The highest BCUT2D eigenvalue weighted by Crippen LogP contribution is 2.28. The minimum Gasteiger partial charge on any atom is -0.462 e. The van der Waals surface area contributed by atoms with Crippen LogP contribution < -0.4 is 5.32 Å². The van der Waals surface area contributed by atoms with Crippen molar-refractivity contribution in [2.45, 2.75) is 13.3 Å². The maximum Gasteiger partial charge on any atom is 0.335 e. The highest BCUT2D eigenvalue weighted by molar-refractivity contribution is 6.36. The van der Waals surface area contributed by atoms with E-state index in [2.05, 4.69) is 5.32 Å². The summed E-state index contributed by atoms with van der Waals surface area (Å²) in [6.07, 6.45) is 0.628. The standard InChI is InChI=1S/C12H11Cl2NO2/c1-7(9-4-5-17-12(9)16)15-11-3-2-8(13)6-10(11)14/h2-3,6,15H,4-5H2,1H3. The van der Waals surface area contributed by atoms with E-state index in [0.29, 0.717) is 28.6 Å². The fourth-order valence-electron chi connectivity index (χ4n) is 1.64. The average molecular weight is 272 g/mol. The van der Waals surface area contributed by atoms with Crippen LogP contribution in [0.5, 0.6) is 0 Å². The number of hydrogen-bond acceptors (Lipinski definition) is 3. The van der Waals surface area contributed by atoms with Crippen LogP contribution in [0.2, 0.25) is 10.0 Å². The van der Waals surface area contributed by atoms with E-state index in [4.69, 9.17) is 27.9 Å². The summed E-state index contributed by atoms with van der Waals surface area (Å²) in [4.78, 5) is 11.4. The van der Waals surface area contributed by atoms with Crippen molar-refractivity contribution in [3.05, 3.63) is 39.5 Å². The Bertz CT molecular complexity index is 497. The zero-order valence-electron chi connectivity index (χ0n) is 9.22. The van der Waals surface area contributed by atoms with E-state index in [1.54, 1.807) is 18.2 Å². The minimum atomic E-state index is -0.264. The van der Waals surface area contributed by atoms with Gasteiger partial charge in [-0.3, -0.25) is 0 Å². The predicted molar refractivity (Wildman–Crippen MR) is 68.4 cm³/mol. The molecule has 0 atom stereocenters. The number of esters is 1. The van der Waals surface area contributed by atoms with Crippen LogP contribution in [0, 0.1) is 0 Å². The van der Waals surface area contributed by atoms with E-state index in [1.807, 2.05) is 6.92 Å². The van der Waals surface area contributed by atoms with Crippen molar-refractivity contribution in [2.24, 2.45) is 0 Å². The van der Waals surface area contributed by atoms with Gasteiger partial charge in [0.15, 0.2) is 0 Å². The van der Waals surface area contributed by atoms with Gasteiger partial charge in [-0.2, -0.15) is 0 Å². The van der Waals surface area contributed by atoms with Crippen LogP contribution in [0.15, 0.2) is 29.5 Å². The van der Waals surface area contributed by atoms with Gasteiger partial charge in [0.05, 0.1) is 22.9 Å². The molecule has 1 N–H and O–H groups in total. The van der Waals surface area contributed by atoms with Crippen molar-refractivity contribution in [3.63, 3.8) is 0 Å². The number of carbonyl (C=O) groups is 1. The Hall–Kier alpha value is -1.19. The molecule has 0 aromatic heterocycles. The van der Waals surface area contributed by atoms with E-state index >= 15 is 0 Å². The van der Waals surface area contributed by atoms with Crippen LogP contribution in [0.3, 0.4) is 0 Å². The van der Waals surface area contributed by atoms with Crippen LogP contribution in [0.4, 0.5) is 5.69 Å². The number of cyclic esters (lactones) is 1. The van der Waals surface area contributed by atoms with Crippen LogP contribution in [0.25, 0.3) is 0 Å². The van der Waals surface area contributed by atoms with Gasteiger partial charge in [0, 0.05) is 17.1 Å². The molecule has 1 fully saturated rings. The van der Waals surface area contributed by atoms with Crippen molar-refractivity contribution < 1.29 is 9.53 Å². The Morgan fingerprint density at radius 1 is 1.41 bits per heavy atom. The van der Waals surface area contributed by atoms with Crippen LogP contribution in [0.1, 0.15) is 13.3 Å². The number of rotatable bonds is 2. The van der Waals surface area contributed by atoms with Gasteiger partial charge in [-0.25, -0.2) is 4.79 Å². The van der Waals surface area contributed by atoms with E-state index < -0.39 is 0 Å². The smallest absolute Gasteiger partial charge is 0.335 e. The number of hydrogen-bond donors (Lipinski definition) is 1. The number of anilines is 1. The summed E-state index contributed by atoms with van der Waals surface area (Å²) < 4.78 is 4.88. The Labute approximate surface area is 109 Å². The van der Waals surface area contributed by atoms with E-state index in [0.717, 1.165) is 11.4 Å². The first-order valence-corrected chi connectivity index (χ1v) is 5.92. The van der Waals surface area contributed by atoms with Gasteiger partial charge >= 0.3 is 5.97 Å². The number of benzene rings is 1. The molecule has 0 spiro atoms. The molecule has 17 heavy (non-hydrogen) atoms. The van der Waals surface area contributed by atoms with Crippen molar-refractivity contribution in [3.8, 4) is 0 Å². The second kappa shape index (κ2) is 4.98. The fourth-order valence-corrected chi connectivity index (χ4v) is 2.10. The zero-order valence-corrected chi connectivity index (χ0v) is 10.7. The molecule has 0 radical (unpaired) electrons. The number of ether oxygens (including phenoxy) is 1. The van der Waals surface area contributed by atoms with Crippen molar-refractivity contribution in [1.29, 1.82) is 0 Å². The average Bonchev–Trinajstić information content (AvgIpc) is 2.68. The molecule has 3 nitrogen and oxygen atoms in total. The molecular weight excluding hydrogens is 261 g/mol. The largest absolute Gasteiger partial charge is 0.462 e. The summed E-state index contributed by atoms with van der Waals surface area (Å²) in [6, 6.07) is 5.16. The number of halogens is 2. The van der Waals surface area contributed by atoms with Gasteiger partial charge in [-0.1, -0.05) is 23.2 Å². The van der Waals surface area contributed by atoms with Crippen LogP contribution in [-0.4, -0.2) is 12.6 Å². The summed E-state index contributed by atoms with van der Waals surface area (Å²) in [5.74, 6) is -0.264. The summed E-state index contributed by atoms with van der Waals surface area (Å²) in [7, 11) is 0. The normalized spacial score (nSPS) is 17.9. The lowest BCUT2D eigenvalue weighted by Gasteiger charge is -2.10. The minimum absolute atomic E-state index is 0.264. The second-order valence-corrected chi connectivity index (χ2v) is 4.58. The first-order chi connectivity index (χ1) is 8.08. The Balaban J connectivity index is 2.23. The highest BCUT2D eigenvalue weighted by atomic mass is 35.5. The first-order valence-electron chi connectivity index (χ1n) is 5.17. The molecular formula is C12H11Cl2NO2. The summed E-state index contributed by atoms with van der Waals surface area (Å²) >= 11 is 11.8. The first kappa shape index (κ1) is 12.3. The molecule has 1 heterocycles. The molecule has 1 aliphatic rings. The lowest BCUT2D eigenvalue weighted by atomic mass is 10.2. The van der Waals surface area contributed by atoms with Gasteiger partial charge in [-0.15, -0.1) is 0 Å². The Morgan fingerprint density at radius 3 is 2.76 bits per heavy atom. The SMILES string of the molecule is CC(Nc1ccc(Cl)cc1Cl)=C1CCOC1=O. The van der Waals surface area contributed by atoms with Crippen LogP contribution >= 0.6 is 23.2 Å². The maximum atomic E-state index is 11.4. The number of nitrogens with one attached hydrogen (secondary N) is 1.